The van der Waals surface area contributed by atoms with Gasteiger partial charge in [-0.25, -0.2) is 0 Å². The molecule has 0 radical (unpaired) electrons. The quantitative estimate of drug-likeness (QED) is 0.787. The molecule has 0 amide bonds. The van der Waals surface area contributed by atoms with E-state index in [2.05, 4.69) is 44.6 Å². The highest BCUT2D eigenvalue weighted by Gasteiger charge is 2.50. The molecule has 4 aliphatic carbocycles. The number of hydrogen-bond acceptors (Lipinski definition) is 3. The van der Waals surface area contributed by atoms with Crippen LogP contribution in [0, 0.1) is 17.8 Å². The minimum absolute atomic E-state index is 0.374. The monoisotopic (exact) mass is 386 g/mol. The van der Waals surface area contributed by atoms with Crippen molar-refractivity contribution < 1.29 is 4.52 Å². The van der Waals surface area contributed by atoms with E-state index in [0.717, 1.165) is 45.8 Å². The lowest BCUT2D eigenvalue weighted by Crippen LogP contribution is -2.58. The number of benzene rings is 1. The van der Waals surface area contributed by atoms with E-state index in [9.17, 15) is 0 Å². The van der Waals surface area contributed by atoms with E-state index in [-0.39, 0.29) is 0 Å². The fraction of sp³-hybridized carbons (Fsp3) is 0.550. The maximum absolute atomic E-state index is 5.59. The lowest BCUT2D eigenvalue weighted by atomic mass is 9.53. The summed E-state index contributed by atoms with van der Waals surface area (Å²) in [6.07, 6.45) is 8.55. The zero-order chi connectivity index (χ0) is 16.1. The standard InChI is InChI=1S/C20H23BrN2O/c21-17-3-1-16(2-4-17)19-8-18(24-23-19)12-22-20-9-13-5-14(10-20)7-15(6-13)11-20/h1-4,8,13-15,22H,5-7,9-12H2. The smallest absolute Gasteiger partial charge is 0.151 e. The Labute approximate surface area is 151 Å². The molecule has 0 unspecified atom stereocenters. The summed E-state index contributed by atoms with van der Waals surface area (Å²) in [6.45, 7) is 0.801. The lowest BCUT2D eigenvalue weighted by Gasteiger charge is -2.57. The number of halogens is 1. The summed E-state index contributed by atoms with van der Waals surface area (Å²) in [5.41, 5.74) is 2.40. The maximum Gasteiger partial charge on any atom is 0.151 e. The van der Waals surface area contributed by atoms with E-state index in [1.54, 1.807) is 0 Å². The Bertz CT molecular complexity index is 701. The molecule has 1 N–H and O–H groups in total. The summed E-state index contributed by atoms with van der Waals surface area (Å²) in [7, 11) is 0. The number of aromatic nitrogens is 1. The van der Waals surface area contributed by atoms with E-state index >= 15 is 0 Å². The van der Waals surface area contributed by atoms with Crippen LogP contribution in [0.2, 0.25) is 0 Å². The van der Waals surface area contributed by atoms with E-state index in [4.69, 9.17) is 4.52 Å². The van der Waals surface area contributed by atoms with Crippen LogP contribution in [-0.4, -0.2) is 10.7 Å². The Kier molecular flexibility index (Phi) is 3.60. The summed E-state index contributed by atoms with van der Waals surface area (Å²) in [5, 5.41) is 8.13. The van der Waals surface area contributed by atoms with Crippen molar-refractivity contribution in [1.82, 2.24) is 10.5 Å². The third-order valence-electron chi connectivity index (χ3n) is 6.37. The molecule has 6 rings (SSSR count). The average Bonchev–Trinajstić information content (AvgIpc) is 3.01. The molecule has 4 aliphatic rings. The van der Waals surface area contributed by atoms with Gasteiger partial charge in [0.25, 0.3) is 0 Å². The van der Waals surface area contributed by atoms with Crippen LogP contribution >= 0.6 is 15.9 Å². The van der Waals surface area contributed by atoms with Gasteiger partial charge in [-0.05, 0) is 68.4 Å². The van der Waals surface area contributed by atoms with Crippen LogP contribution in [0.4, 0.5) is 0 Å². The fourth-order valence-electron chi connectivity index (χ4n) is 5.75. The minimum Gasteiger partial charge on any atom is -0.359 e. The molecule has 126 valence electrons. The topological polar surface area (TPSA) is 38.1 Å². The van der Waals surface area contributed by atoms with Crippen LogP contribution in [0.3, 0.4) is 0 Å². The first-order chi connectivity index (χ1) is 11.7. The van der Waals surface area contributed by atoms with Gasteiger partial charge >= 0.3 is 0 Å². The van der Waals surface area contributed by atoms with Crippen molar-refractivity contribution in [2.45, 2.75) is 50.6 Å². The summed E-state index contributed by atoms with van der Waals surface area (Å²) in [6, 6.07) is 10.3. The first-order valence-electron chi connectivity index (χ1n) is 9.14. The molecule has 3 nitrogen and oxygen atoms in total. The highest BCUT2D eigenvalue weighted by atomic mass is 79.9. The van der Waals surface area contributed by atoms with Gasteiger partial charge in [0.2, 0.25) is 0 Å². The predicted molar refractivity (Wildman–Crippen MR) is 97.4 cm³/mol. The van der Waals surface area contributed by atoms with Gasteiger partial charge in [-0.2, -0.15) is 0 Å². The number of nitrogens with zero attached hydrogens (tertiary/aromatic N) is 1. The molecule has 4 fully saturated rings. The molecule has 4 bridgehead atoms. The van der Waals surface area contributed by atoms with Crippen LogP contribution in [0.15, 0.2) is 39.3 Å². The van der Waals surface area contributed by atoms with Crippen molar-refractivity contribution in [3.8, 4) is 11.3 Å². The Hall–Kier alpha value is -1.13. The minimum atomic E-state index is 0.374. The van der Waals surface area contributed by atoms with Gasteiger partial charge < -0.3 is 9.84 Å². The lowest BCUT2D eigenvalue weighted by molar-refractivity contribution is -0.0215. The molecule has 1 aromatic heterocycles. The zero-order valence-corrected chi connectivity index (χ0v) is 15.4. The van der Waals surface area contributed by atoms with Crippen molar-refractivity contribution in [3.05, 3.63) is 40.6 Å². The second-order valence-corrected chi connectivity index (χ2v) is 9.15. The molecule has 0 spiro atoms. The summed E-state index contributed by atoms with van der Waals surface area (Å²) in [5.74, 6) is 3.86. The molecule has 4 saturated carbocycles. The SMILES string of the molecule is Brc1ccc(-c2cc(CNC34CC5CC(CC(C5)C3)C4)on2)cc1. The van der Waals surface area contributed by atoms with Crippen LogP contribution in [0.1, 0.15) is 44.3 Å². The third kappa shape index (κ3) is 2.74. The van der Waals surface area contributed by atoms with Crippen molar-refractivity contribution in [2.75, 3.05) is 0 Å². The highest BCUT2D eigenvalue weighted by Crippen LogP contribution is 2.55. The Balaban J connectivity index is 1.28. The molecule has 0 atom stereocenters. The normalized spacial score (nSPS) is 34.0. The fourth-order valence-corrected chi connectivity index (χ4v) is 6.02. The molecule has 4 heteroatoms. The van der Waals surface area contributed by atoms with E-state index in [0.29, 0.717) is 5.54 Å². The largest absolute Gasteiger partial charge is 0.359 e. The van der Waals surface area contributed by atoms with Crippen LogP contribution < -0.4 is 5.32 Å². The van der Waals surface area contributed by atoms with Crippen molar-refractivity contribution >= 4 is 15.9 Å². The number of rotatable bonds is 4. The molecule has 1 aromatic carbocycles. The van der Waals surface area contributed by atoms with Crippen molar-refractivity contribution in [2.24, 2.45) is 17.8 Å². The van der Waals surface area contributed by atoms with Gasteiger partial charge in [-0.15, -0.1) is 0 Å². The van der Waals surface area contributed by atoms with Gasteiger partial charge in [0.15, 0.2) is 5.76 Å². The Morgan fingerprint density at radius 2 is 1.67 bits per heavy atom. The van der Waals surface area contributed by atoms with Crippen LogP contribution in [0.5, 0.6) is 0 Å². The van der Waals surface area contributed by atoms with Gasteiger partial charge in [0.1, 0.15) is 5.69 Å². The summed E-state index contributed by atoms with van der Waals surface area (Å²) in [4.78, 5) is 0. The zero-order valence-electron chi connectivity index (χ0n) is 13.8. The predicted octanol–water partition coefficient (Wildman–Crippen LogP) is 5.16. The summed E-state index contributed by atoms with van der Waals surface area (Å²) < 4.78 is 6.67. The second-order valence-electron chi connectivity index (χ2n) is 8.24. The second kappa shape index (κ2) is 5.70. The van der Waals surface area contributed by atoms with Gasteiger partial charge in [-0.1, -0.05) is 33.2 Å². The molecule has 1 heterocycles. The first kappa shape index (κ1) is 15.2. The third-order valence-corrected chi connectivity index (χ3v) is 6.90. The Morgan fingerprint density at radius 1 is 1.04 bits per heavy atom. The first-order valence-corrected chi connectivity index (χ1v) is 9.93. The molecular weight excluding hydrogens is 364 g/mol. The van der Waals surface area contributed by atoms with E-state index < -0.39 is 0 Å². The Morgan fingerprint density at radius 3 is 2.29 bits per heavy atom. The maximum atomic E-state index is 5.59. The highest BCUT2D eigenvalue weighted by molar-refractivity contribution is 9.10. The molecule has 0 aliphatic heterocycles. The molecular formula is C20H23BrN2O. The van der Waals surface area contributed by atoms with Gasteiger partial charge in [-0.3, -0.25) is 0 Å². The van der Waals surface area contributed by atoms with Crippen LogP contribution in [-0.2, 0) is 6.54 Å². The summed E-state index contributed by atoms with van der Waals surface area (Å²) >= 11 is 3.47. The van der Waals surface area contributed by atoms with Gasteiger partial charge in [0, 0.05) is 21.6 Å². The van der Waals surface area contributed by atoms with Crippen molar-refractivity contribution in [3.63, 3.8) is 0 Å². The number of hydrogen-bond donors (Lipinski definition) is 1. The van der Waals surface area contributed by atoms with E-state index in [1.165, 1.54) is 38.5 Å². The van der Waals surface area contributed by atoms with Crippen LogP contribution in [0.25, 0.3) is 11.3 Å². The average molecular weight is 387 g/mol. The van der Waals surface area contributed by atoms with Crippen molar-refractivity contribution in [1.29, 1.82) is 0 Å². The molecule has 24 heavy (non-hydrogen) atoms. The van der Waals surface area contributed by atoms with E-state index in [1.807, 2.05) is 12.1 Å². The van der Waals surface area contributed by atoms with Gasteiger partial charge in [0.05, 0.1) is 6.54 Å². The molecule has 0 saturated heterocycles. The number of nitrogens with one attached hydrogen (secondary N) is 1. The molecule has 2 aromatic rings.